The zero-order valence-electron chi connectivity index (χ0n) is 14.9. The first kappa shape index (κ1) is 18.3. The maximum absolute atomic E-state index is 13.1. The summed E-state index contributed by atoms with van der Waals surface area (Å²) in [5.74, 6) is -0.616. The van der Waals surface area contributed by atoms with Crippen LogP contribution in [0.1, 0.15) is 19.8 Å². The second-order valence-corrected chi connectivity index (χ2v) is 9.12. The Bertz CT molecular complexity index is 714. The fraction of sp³-hybridized carbons (Fsp3) is 0.750. The van der Waals surface area contributed by atoms with Gasteiger partial charge in [0.05, 0.1) is 11.8 Å². The lowest BCUT2D eigenvalue weighted by atomic mass is 9.83. The number of hydrogen-bond acceptors (Lipinski definition) is 6. The second kappa shape index (κ2) is 6.37. The summed E-state index contributed by atoms with van der Waals surface area (Å²) in [4.78, 5) is 29.2. The predicted molar refractivity (Wildman–Crippen MR) is 91.3 cm³/mol. The smallest absolute Gasteiger partial charge is 0.335 e. The van der Waals surface area contributed by atoms with Crippen molar-refractivity contribution < 1.29 is 22.7 Å². The van der Waals surface area contributed by atoms with E-state index < -0.39 is 21.6 Å². The van der Waals surface area contributed by atoms with Gasteiger partial charge in [-0.05, 0) is 14.0 Å². The molecule has 0 aromatic carbocycles. The molecular formula is C16H25N3O5S. The average molecular weight is 371 g/mol. The van der Waals surface area contributed by atoms with Crippen molar-refractivity contribution in [2.45, 2.75) is 25.4 Å². The highest BCUT2D eigenvalue weighted by atomic mass is 32.2. The van der Waals surface area contributed by atoms with Crippen molar-refractivity contribution in [3.8, 4) is 0 Å². The Labute approximate surface area is 148 Å². The van der Waals surface area contributed by atoms with Gasteiger partial charge in [0.25, 0.3) is 5.91 Å². The van der Waals surface area contributed by atoms with Crippen molar-refractivity contribution in [1.29, 1.82) is 0 Å². The van der Waals surface area contributed by atoms with Crippen LogP contribution in [0.15, 0.2) is 11.1 Å². The molecule has 3 aliphatic rings. The van der Waals surface area contributed by atoms with Crippen LogP contribution >= 0.6 is 0 Å². The number of rotatable bonds is 2. The number of amides is 1. The molecule has 3 rings (SSSR count). The number of carbonyl (C=O) groups is 2. The second-order valence-electron chi connectivity index (χ2n) is 7.14. The van der Waals surface area contributed by atoms with Gasteiger partial charge < -0.3 is 14.5 Å². The third-order valence-corrected chi connectivity index (χ3v) is 6.73. The van der Waals surface area contributed by atoms with E-state index in [1.54, 1.807) is 11.8 Å². The first-order valence-electron chi connectivity index (χ1n) is 8.52. The zero-order chi connectivity index (χ0) is 18.4. The average Bonchev–Trinajstić information content (AvgIpc) is 2.77. The Morgan fingerprint density at radius 3 is 2.16 bits per heavy atom. The number of carbonyl (C=O) groups excluding carboxylic acids is 2. The molecule has 9 heteroatoms. The van der Waals surface area contributed by atoms with E-state index in [-0.39, 0.29) is 19.0 Å². The van der Waals surface area contributed by atoms with Gasteiger partial charge in [-0.25, -0.2) is 17.5 Å². The fourth-order valence-electron chi connectivity index (χ4n) is 3.80. The van der Waals surface area contributed by atoms with Gasteiger partial charge in [-0.2, -0.15) is 0 Å². The molecule has 3 heterocycles. The summed E-state index contributed by atoms with van der Waals surface area (Å²) in [5.41, 5.74) is -0.199. The van der Waals surface area contributed by atoms with Crippen LogP contribution in [0.3, 0.4) is 0 Å². The highest BCUT2D eigenvalue weighted by Gasteiger charge is 2.52. The first-order valence-corrected chi connectivity index (χ1v) is 10.4. The topological polar surface area (TPSA) is 87.2 Å². The molecule has 3 aliphatic heterocycles. The van der Waals surface area contributed by atoms with Crippen LogP contribution in [0, 0.1) is 0 Å². The standard InChI is InChI=1S/C16H25N3O5S/c1-12-13(14(20)18-10-8-17(2)9-11-18)16(24-15(12)21)4-6-19(7-5-16)25(3,22)23/h4-11H2,1-3H3. The zero-order valence-corrected chi connectivity index (χ0v) is 15.8. The highest BCUT2D eigenvalue weighted by Crippen LogP contribution is 2.42. The van der Waals surface area contributed by atoms with E-state index in [1.165, 1.54) is 10.6 Å². The Hall–Kier alpha value is -1.45. The summed E-state index contributed by atoms with van der Waals surface area (Å²) in [5, 5.41) is 0. The molecule has 0 aliphatic carbocycles. The van der Waals surface area contributed by atoms with Crippen molar-refractivity contribution in [1.82, 2.24) is 14.1 Å². The molecule has 0 N–H and O–H groups in total. The van der Waals surface area contributed by atoms with Crippen LogP contribution in [0.2, 0.25) is 0 Å². The lowest BCUT2D eigenvalue weighted by molar-refractivity contribution is -0.150. The van der Waals surface area contributed by atoms with Crippen molar-refractivity contribution >= 4 is 21.9 Å². The van der Waals surface area contributed by atoms with Crippen molar-refractivity contribution in [3.05, 3.63) is 11.1 Å². The Morgan fingerprint density at radius 1 is 1.08 bits per heavy atom. The predicted octanol–water partition coefficient (Wildman–Crippen LogP) is -0.572. The summed E-state index contributed by atoms with van der Waals surface area (Å²) >= 11 is 0. The number of hydrogen-bond donors (Lipinski definition) is 0. The molecule has 0 unspecified atom stereocenters. The maximum Gasteiger partial charge on any atom is 0.335 e. The van der Waals surface area contributed by atoms with E-state index in [0.29, 0.717) is 37.1 Å². The Morgan fingerprint density at radius 2 is 1.64 bits per heavy atom. The molecule has 0 aromatic heterocycles. The minimum Gasteiger partial charge on any atom is -0.450 e. The molecule has 0 aromatic rings. The molecule has 0 bridgehead atoms. The molecule has 1 amide bonds. The lowest BCUT2D eigenvalue weighted by Gasteiger charge is -2.40. The molecule has 2 fully saturated rings. The third kappa shape index (κ3) is 3.32. The van der Waals surface area contributed by atoms with Gasteiger partial charge in [-0.1, -0.05) is 0 Å². The minimum absolute atomic E-state index is 0.149. The SMILES string of the molecule is CC1=C(C(=O)N2CCN(C)CC2)C2(CCN(S(C)(=O)=O)CC2)OC1=O. The molecule has 0 saturated carbocycles. The lowest BCUT2D eigenvalue weighted by Crippen LogP contribution is -2.53. The molecule has 8 nitrogen and oxygen atoms in total. The van der Waals surface area contributed by atoms with Gasteiger partial charge in [0.1, 0.15) is 5.60 Å². The molecule has 0 atom stereocenters. The van der Waals surface area contributed by atoms with Crippen LogP contribution < -0.4 is 0 Å². The monoisotopic (exact) mass is 371 g/mol. The minimum atomic E-state index is -3.29. The van der Waals surface area contributed by atoms with Crippen LogP contribution in [0.5, 0.6) is 0 Å². The molecule has 0 radical (unpaired) electrons. The molecular weight excluding hydrogens is 346 g/mol. The summed E-state index contributed by atoms with van der Waals surface area (Å²) in [7, 11) is -1.28. The summed E-state index contributed by atoms with van der Waals surface area (Å²) < 4.78 is 30.5. The van der Waals surface area contributed by atoms with Gasteiger partial charge in [-0.3, -0.25) is 4.79 Å². The molecule has 140 valence electrons. The van der Waals surface area contributed by atoms with Crippen LogP contribution in [0.4, 0.5) is 0 Å². The van der Waals surface area contributed by atoms with E-state index in [1.807, 2.05) is 7.05 Å². The quantitative estimate of drug-likeness (QED) is 0.604. The normalized spacial score (nSPS) is 25.6. The summed E-state index contributed by atoms with van der Waals surface area (Å²) in [6.07, 6.45) is 1.80. The van der Waals surface area contributed by atoms with Crippen LogP contribution in [0.25, 0.3) is 0 Å². The van der Waals surface area contributed by atoms with Gasteiger partial charge in [0.15, 0.2) is 0 Å². The van der Waals surface area contributed by atoms with Crippen molar-refractivity contribution in [2.75, 3.05) is 52.6 Å². The Balaban J connectivity index is 1.83. The van der Waals surface area contributed by atoms with Crippen LogP contribution in [-0.2, 0) is 24.3 Å². The van der Waals surface area contributed by atoms with E-state index in [9.17, 15) is 18.0 Å². The van der Waals surface area contributed by atoms with Gasteiger partial charge in [-0.15, -0.1) is 0 Å². The van der Waals surface area contributed by atoms with Gasteiger partial charge in [0.2, 0.25) is 10.0 Å². The van der Waals surface area contributed by atoms with Crippen LogP contribution in [-0.4, -0.2) is 92.6 Å². The van der Waals surface area contributed by atoms with Crippen molar-refractivity contribution in [2.24, 2.45) is 0 Å². The summed E-state index contributed by atoms with van der Waals surface area (Å²) in [6, 6.07) is 0. The molecule has 2 saturated heterocycles. The summed E-state index contributed by atoms with van der Waals surface area (Å²) in [6.45, 7) is 4.95. The van der Waals surface area contributed by atoms with E-state index in [2.05, 4.69) is 4.90 Å². The largest absolute Gasteiger partial charge is 0.450 e. The van der Waals surface area contributed by atoms with E-state index in [4.69, 9.17) is 4.74 Å². The first-order chi connectivity index (χ1) is 11.6. The van der Waals surface area contributed by atoms with E-state index >= 15 is 0 Å². The number of sulfonamides is 1. The number of esters is 1. The number of piperazine rings is 1. The third-order valence-electron chi connectivity index (χ3n) is 5.43. The number of ether oxygens (including phenoxy) is 1. The number of piperidine rings is 1. The fourth-order valence-corrected chi connectivity index (χ4v) is 4.65. The highest BCUT2D eigenvalue weighted by molar-refractivity contribution is 7.88. The van der Waals surface area contributed by atoms with Gasteiger partial charge in [0, 0.05) is 57.7 Å². The molecule has 1 spiro atoms. The van der Waals surface area contributed by atoms with E-state index in [0.717, 1.165) is 13.1 Å². The number of likely N-dealkylation sites (N-methyl/N-ethyl adjacent to an activating group) is 1. The van der Waals surface area contributed by atoms with Gasteiger partial charge >= 0.3 is 5.97 Å². The Kier molecular flexibility index (Phi) is 4.67. The maximum atomic E-state index is 13.1. The molecule has 25 heavy (non-hydrogen) atoms. The van der Waals surface area contributed by atoms with Crippen molar-refractivity contribution in [3.63, 3.8) is 0 Å². The number of nitrogens with zero attached hydrogens (tertiary/aromatic N) is 3.